The van der Waals surface area contributed by atoms with Crippen LogP contribution < -0.4 is 0 Å². The van der Waals surface area contributed by atoms with Gasteiger partial charge >= 0.3 is 0 Å². The highest BCUT2D eigenvalue weighted by atomic mass is 16.3. The molecule has 11 heavy (non-hydrogen) atoms. The van der Waals surface area contributed by atoms with Crippen LogP contribution in [0.15, 0.2) is 4.99 Å². The fraction of sp³-hybridized carbons (Fsp3) is 0.750. The highest BCUT2D eigenvalue weighted by Crippen LogP contribution is 2.24. The highest BCUT2D eigenvalue weighted by molar-refractivity contribution is 5.82. The van der Waals surface area contributed by atoms with Crippen LogP contribution in [-0.4, -0.2) is 23.8 Å². The van der Waals surface area contributed by atoms with E-state index in [1.54, 1.807) is 0 Å². The molecule has 1 N–H and O–H groups in total. The highest BCUT2D eigenvalue weighted by Gasteiger charge is 2.23. The minimum atomic E-state index is -0.205. The smallest absolute Gasteiger partial charge is 0.248 e. The van der Waals surface area contributed by atoms with Gasteiger partial charge in [-0.2, -0.15) is 0 Å². The maximum absolute atomic E-state index is 11.0. The molecular weight excluding hydrogens is 142 g/mol. The van der Waals surface area contributed by atoms with Crippen molar-refractivity contribution < 1.29 is 9.90 Å². The first-order chi connectivity index (χ1) is 5.24. The molecule has 0 spiro atoms. The molecule has 1 amide bonds. The predicted octanol–water partition coefficient (Wildman–Crippen LogP) is 0.765. The summed E-state index contributed by atoms with van der Waals surface area (Å²) in [4.78, 5) is 14.3. The van der Waals surface area contributed by atoms with Gasteiger partial charge in [0.2, 0.25) is 5.91 Å². The minimum absolute atomic E-state index is 0.0240. The summed E-state index contributed by atoms with van der Waals surface area (Å²) in [7, 11) is 0. The number of aliphatic imine (C=N–C) groups is 1. The van der Waals surface area contributed by atoms with E-state index in [9.17, 15) is 4.79 Å². The van der Waals surface area contributed by atoms with Crippen LogP contribution in [0.5, 0.6) is 0 Å². The van der Waals surface area contributed by atoms with Gasteiger partial charge in [0.15, 0.2) is 0 Å². The van der Waals surface area contributed by atoms with Gasteiger partial charge in [-0.05, 0) is 32.4 Å². The Balaban J connectivity index is 2.38. The summed E-state index contributed by atoms with van der Waals surface area (Å²) < 4.78 is 0. The molecule has 62 valence electrons. The molecule has 1 saturated carbocycles. The van der Waals surface area contributed by atoms with E-state index in [4.69, 9.17) is 5.11 Å². The molecule has 3 heteroatoms. The monoisotopic (exact) mass is 155 g/mol. The quantitative estimate of drug-likeness (QED) is 0.568. The van der Waals surface area contributed by atoms with Gasteiger partial charge in [-0.1, -0.05) is 0 Å². The maximum Gasteiger partial charge on any atom is 0.248 e. The number of carbonyl (C=O) groups excluding carboxylic acids is 1. The predicted molar refractivity (Wildman–Crippen MR) is 42.5 cm³/mol. The Morgan fingerprint density at radius 1 is 1.36 bits per heavy atom. The maximum atomic E-state index is 11.0. The van der Waals surface area contributed by atoms with E-state index in [0.29, 0.717) is 0 Å². The molecule has 0 bridgehead atoms. The molecule has 0 radical (unpaired) electrons. The standard InChI is InChI=1S/C8H13NO2/c1-9-8(11)6-2-4-7(10)5-3-6/h6-7,10H,1-5H2/t6-,7+. The summed E-state index contributed by atoms with van der Waals surface area (Å²) in [5.41, 5.74) is 0. The SMILES string of the molecule is C=NC(=O)[C@H]1CC[C@@H](O)CC1. The molecule has 0 aromatic heterocycles. The Bertz CT molecular complexity index is 159. The van der Waals surface area contributed by atoms with E-state index < -0.39 is 0 Å². The minimum Gasteiger partial charge on any atom is -0.393 e. The molecule has 1 aliphatic carbocycles. The fourth-order valence-electron chi connectivity index (χ4n) is 1.45. The second-order valence-corrected chi connectivity index (χ2v) is 3.00. The molecule has 0 atom stereocenters. The van der Waals surface area contributed by atoms with Gasteiger partial charge in [-0.3, -0.25) is 4.79 Å². The van der Waals surface area contributed by atoms with E-state index >= 15 is 0 Å². The first-order valence-corrected chi connectivity index (χ1v) is 3.92. The molecular formula is C8H13NO2. The van der Waals surface area contributed by atoms with Crippen LogP contribution in [-0.2, 0) is 4.79 Å². The first-order valence-electron chi connectivity index (χ1n) is 3.92. The van der Waals surface area contributed by atoms with Gasteiger partial charge in [0.25, 0.3) is 0 Å². The lowest BCUT2D eigenvalue weighted by Crippen LogP contribution is -2.22. The number of hydrogen-bond acceptors (Lipinski definition) is 2. The van der Waals surface area contributed by atoms with Gasteiger partial charge in [0.05, 0.1) is 6.10 Å². The van der Waals surface area contributed by atoms with Crippen LogP contribution in [0.2, 0.25) is 0 Å². The second kappa shape index (κ2) is 3.62. The molecule has 1 fully saturated rings. The van der Waals surface area contributed by atoms with Crippen LogP contribution in [0.4, 0.5) is 0 Å². The molecule has 0 saturated heterocycles. The number of carbonyl (C=O) groups is 1. The Morgan fingerprint density at radius 3 is 2.36 bits per heavy atom. The van der Waals surface area contributed by atoms with E-state index in [0.717, 1.165) is 25.7 Å². The topological polar surface area (TPSA) is 49.7 Å². The lowest BCUT2D eigenvalue weighted by atomic mass is 9.87. The molecule has 0 unspecified atom stereocenters. The summed E-state index contributed by atoms with van der Waals surface area (Å²) in [6.07, 6.45) is 2.78. The van der Waals surface area contributed by atoms with E-state index in [1.165, 1.54) is 0 Å². The Morgan fingerprint density at radius 2 is 1.91 bits per heavy atom. The van der Waals surface area contributed by atoms with Crippen molar-refractivity contribution in [2.24, 2.45) is 10.9 Å². The lowest BCUT2D eigenvalue weighted by Gasteiger charge is -2.22. The van der Waals surface area contributed by atoms with Crippen molar-refractivity contribution in [1.29, 1.82) is 0 Å². The zero-order valence-corrected chi connectivity index (χ0v) is 6.49. The number of amides is 1. The molecule has 3 nitrogen and oxygen atoms in total. The van der Waals surface area contributed by atoms with Gasteiger partial charge < -0.3 is 5.11 Å². The van der Waals surface area contributed by atoms with Crippen molar-refractivity contribution in [3.63, 3.8) is 0 Å². The molecule has 0 aliphatic heterocycles. The van der Waals surface area contributed by atoms with E-state index in [2.05, 4.69) is 11.7 Å². The Kier molecular flexibility index (Phi) is 2.76. The molecule has 0 heterocycles. The van der Waals surface area contributed by atoms with Crippen molar-refractivity contribution in [1.82, 2.24) is 0 Å². The Labute approximate surface area is 66.1 Å². The van der Waals surface area contributed by atoms with E-state index in [-0.39, 0.29) is 17.9 Å². The second-order valence-electron chi connectivity index (χ2n) is 3.00. The lowest BCUT2D eigenvalue weighted by molar-refractivity contribution is -0.122. The number of rotatable bonds is 1. The average Bonchev–Trinajstić information content (AvgIpc) is 2.05. The molecule has 1 aliphatic rings. The summed E-state index contributed by atoms with van der Waals surface area (Å²) in [6, 6.07) is 0. The van der Waals surface area contributed by atoms with Crippen LogP contribution in [0.3, 0.4) is 0 Å². The van der Waals surface area contributed by atoms with Crippen LogP contribution in [0, 0.1) is 5.92 Å². The summed E-state index contributed by atoms with van der Waals surface area (Å²) in [5.74, 6) is -0.0900. The summed E-state index contributed by atoms with van der Waals surface area (Å²) >= 11 is 0. The van der Waals surface area contributed by atoms with Gasteiger partial charge in [0, 0.05) is 5.92 Å². The number of hydrogen-bond donors (Lipinski definition) is 1. The summed E-state index contributed by atoms with van der Waals surface area (Å²) in [5, 5.41) is 9.12. The number of aliphatic hydroxyl groups is 1. The van der Waals surface area contributed by atoms with Crippen molar-refractivity contribution in [3.8, 4) is 0 Å². The van der Waals surface area contributed by atoms with Crippen molar-refractivity contribution in [3.05, 3.63) is 0 Å². The normalized spacial score (nSPS) is 31.4. The number of aliphatic hydroxyl groups excluding tert-OH is 1. The average molecular weight is 155 g/mol. The largest absolute Gasteiger partial charge is 0.393 e. The fourth-order valence-corrected chi connectivity index (χ4v) is 1.45. The molecule has 0 aromatic rings. The molecule has 0 aromatic carbocycles. The number of nitrogens with zero attached hydrogens (tertiary/aromatic N) is 1. The van der Waals surface area contributed by atoms with Crippen LogP contribution in [0.25, 0.3) is 0 Å². The first kappa shape index (κ1) is 8.40. The summed E-state index contributed by atoms with van der Waals surface area (Å²) in [6.45, 7) is 3.19. The third kappa shape index (κ3) is 2.12. The van der Waals surface area contributed by atoms with Crippen molar-refractivity contribution >= 4 is 12.6 Å². The van der Waals surface area contributed by atoms with Gasteiger partial charge in [-0.15, -0.1) is 0 Å². The van der Waals surface area contributed by atoms with Crippen molar-refractivity contribution in [2.75, 3.05) is 0 Å². The van der Waals surface area contributed by atoms with Crippen LogP contribution in [0.1, 0.15) is 25.7 Å². The van der Waals surface area contributed by atoms with Gasteiger partial charge in [-0.25, -0.2) is 4.99 Å². The third-order valence-electron chi connectivity index (χ3n) is 2.20. The van der Waals surface area contributed by atoms with Crippen LogP contribution >= 0.6 is 0 Å². The molecule has 1 rings (SSSR count). The zero-order chi connectivity index (χ0) is 8.27. The Hall–Kier alpha value is -0.700. The van der Waals surface area contributed by atoms with Crippen molar-refractivity contribution in [2.45, 2.75) is 31.8 Å². The zero-order valence-electron chi connectivity index (χ0n) is 6.49. The van der Waals surface area contributed by atoms with E-state index in [1.807, 2.05) is 0 Å². The third-order valence-corrected chi connectivity index (χ3v) is 2.20. The van der Waals surface area contributed by atoms with Gasteiger partial charge in [0.1, 0.15) is 0 Å².